The third-order valence-corrected chi connectivity index (χ3v) is 5.61. The van der Waals surface area contributed by atoms with E-state index in [0.29, 0.717) is 29.1 Å². The minimum atomic E-state index is -0.441. The number of carbonyl (C=O) groups is 2. The summed E-state index contributed by atoms with van der Waals surface area (Å²) >= 11 is 1.48. The van der Waals surface area contributed by atoms with Gasteiger partial charge in [-0.15, -0.1) is 0 Å². The van der Waals surface area contributed by atoms with Crippen molar-refractivity contribution in [2.75, 3.05) is 20.8 Å². The number of aromatic nitrogens is 1. The number of methoxy groups -OCH3 is 2. The highest BCUT2D eigenvalue weighted by molar-refractivity contribution is 7.16. The van der Waals surface area contributed by atoms with Crippen LogP contribution in [0.4, 0.5) is 0 Å². The van der Waals surface area contributed by atoms with Crippen LogP contribution in [-0.4, -0.2) is 37.3 Å². The van der Waals surface area contributed by atoms with Crippen LogP contribution in [0.25, 0.3) is 10.2 Å². The maximum atomic E-state index is 12.7. The lowest BCUT2D eigenvalue weighted by Gasteiger charge is -2.06. The summed E-state index contributed by atoms with van der Waals surface area (Å²) in [4.78, 5) is 29.2. The van der Waals surface area contributed by atoms with Gasteiger partial charge in [0.1, 0.15) is 0 Å². The van der Waals surface area contributed by atoms with Gasteiger partial charge in [-0.1, -0.05) is 11.3 Å². The number of esters is 1. The molecule has 1 heterocycles. The van der Waals surface area contributed by atoms with Gasteiger partial charge in [-0.25, -0.2) is 4.79 Å². The second-order valence-electron chi connectivity index (χ2n) is 6.42. The van der Waals surface area contributed by atoms with Crippen molar-refractivity contribution >= 4 is 33.4 Å². The molecule has 1 amide bonds. The number of amides is 1. The van der Waals surface area contributed by atoms with Crippen LogP contribution in [0.15, 0.2) is 41.4 Å². The maximum absolute atomic E-state index is 12.7. The molecule has 0 radical (unpaired) electrons. The lowest BCUT2D eigenvalue weighted by atomic mass is 10.1. The SMILES string of the molecule is COCCn1c(=NC(=O)c2ccc(C(=O)OC)cc2)sc2cc(C)c(C)cc21. The summed E-state index contributed by atoms with van der Waals surface area (Å²) < 4.78 is 13.0. The van der Waals surface area contributed by atoms with Crippen LogP contribution in [0, 0.1) is 13.8 Å². The number of hydrogen-bond acceptors (Lipinski definition) is 5. The first-order valence-corrected chi connectivity index (χ1v) is 9.63. The Morgan fingerprint density at radius 3 is 2.32 bits per heavy atom. The van der Waals surface area contributed by atoms with E-state index in [0.717, 1.165) is 10.2 Å². The van der Waals surface area contributed by atoms with E-state index in [1.54, 1.807) is 31.4 Å². The molecule has 0 saturated carbocycles. The highest BCUT2D eigenvalue weighted by Crippen LogP contribution is 2.22. The number of rotatable bonds is 5. The molecule has 0 saturated heterocycles. The second-order valence-corrected chi connectivity index (χ2v) is 7.43. The molecule has 0 bridgehead atoms. The average Bonchev–Trinajstić information content (AvgIpc) is 3.01. The Balaban J connectivity index is 2.04. The Kier molecular flexibility index (Phi) is 6.06. The van der Waals surface area contributed by atoms with Crippen molar-refractivity contribution in [3.05, 3.63) is 63.5 Å². The molecule has 0 spiro atoms. The van der Waals surface area contributed by atoms with Gasteiger partial charge in [0.15, 0.2) is 4.80 Å². The molecular weight excluding hydrogens is 376 g/mol. The Morgan fingerprint density at radius 1 is 1.04 bits per heavy atom. The largest absolute Gasteiger partial charge is 0.465 e. The van der Waals surface area contributed by atoms with E-state index in [-0.39, 0.29) is 5.91 Å². The Bertz CT molecular complexity index is 1090. The quantitative estimate of drug-likeness (QED) is 0.617. The van der Waals surface area contributed by atoms with Gasteiger partial charge < -0.3 is 14.0 Å². The predicted octanol–water partition coefficient (Wildman–Crippen LogP) is 3.49. The van der Waals surface area contributed by atoms with E-state index in [4.69, 9.17) is 4.74 Å². The number of fused-ring (bicyclic) bond motifs is 1. The minimum absolute atomic E-state index is 0.359. The molecule has 1 aromatic heterocycles. The lowest BCUT2D eigenvalue weighted by molar-refractivity contribution is 0.0600. The van der Waals surface area contributed by atoms with Gasteiger partial charge in [0.25, 0.3) is 5.91 Å². The second kappa shape index (κ2) is 8.50. The van der Waals surface area contributed by atoms with Gasteiger partial charge in [0.2, 0.25) is 0 Å². The van der Waals surface area contributed by atoms with Gasteiger partial charge in [-0.05, 0) is 61.4 Å². The first-order chi connectivity index (χ1) is 13.4. The van der Waals surface area contributed by atoms with E-state index in [1.807, 2.05) is 4.57 Å². The molecule has 0 aliphatic heterocycles. The van der Waals surface area contributed by atoms with Crippen LogP contribution in [0.1, 0.15) is 31.8 Å². The third-order valence-electron chi connectivity index (χ3n) is 4.57. The molecule has 0 atom stereocenters. The molecule has 2 aromatic carbocycles. The van der Waals surface area contributed by atoms with E-state index < -0.39 is 5.97 Å². The summed E-state index contributed by atoms with van der Waals surface area (Å²) in [5, 5.41) is 0. The molecular formula is C21H22N2O4S. The molecule has 7 heteroatoms. The molecule has 146 valence electrons. The van der Waals surface area contributed by atoms with Crippen molar-refractivity contribution in [3.63, 3.8) is 0 Å². The Labute approximate surface area is 167 Å². The molecule has 0 fully saturated rings. The number of thiazole rings is 1. The van der Waals surface area contributed by atoms with Crippen molar-refractivity contribution < 1.29 is 19.1 Å². The molecule has 3 rings (SSSR count). The molecule has 0 aliphatic carbocycles. The van der Waals surface area contributed by atoms with Crippen LogP contribution in [0.5, 0.6) is 0 Å². The molecule has 3 aromatic rings. The lowest BCUT2D eigenvalue weighted by Crippen LogP contribution is -2.19. The van der Waals surface area contributed by atoms with E-state index in [2.05, 4.69) is 35.7 Å². The van der Waals surface area contributed by atoms with Gasteiger partial charge in [0, 0.05) is 19.2 Å². The van der Waals surface area contributed by atoms with Crippen molar-refractivity contribution in [3.8, 4) is 0 Å². The summed E-state index contributed by atoms with van der Waals surface area (Å²) in [7, 11) is 2.97. The Morgan fingerprint density at radius 2 is 1.68 bits per heavy atom. The van der Waals surface area contributed by atoms with Crippen LogP contribution in [-0.2, 0) is 16.0 Å². The van der Waals surface area contributed by atoms with Gasteiger partial charge in [-0.2, -0.15) is 4.99 Å². The zero-order valence-electron chi connectivity index (χ0n) is 16.3. The standard InChI is InChI=1S/C21H22N2O4S/c1-13-11-17-18(12-14(13)2)28-21(23(17)9-10-26-3)22-19(24)15-5-7-16(8-6-15)20(25)27-4/h5-8,11-12H,9-10H2,1-4H3. The summed E-state index contributed by atoms with van der Waals surface area (Å²) in [6, 6.07) is 10.5. The average molecular weight is 398 g/mol. The van der Waals surface area contributed by atoms with E-state index in [1.165, 1.54) is 29.6 Å². The molecule has 0 aliphatic rings. The monoisotopic (exact) mass is 398 g/mol. The third kappa shape index (κ3) is 4.05. The minimum Gasteiger partial charge on any atom is -0.465 e. The predicted molar refractivity (Wildman–Crippen MR) is 109 cm³/mol. The van der Waals surface area contributed by atoms with Crippen LogP contribution in [0.3, 0.4) is 0 Å². The fourth-order valence-corrected chi connectivity index (χ4v) is 3.96. The maximum Gasteiger partial charge on any atom is 0.337 e. The van der Waals surface area contributed by atoms with Gasteiger partial charge >= 0.3 is 5.97 Å². The normalized spacial score (nSPS) is 11.8. The van der Waals surface area contributed by atoms with E-state index >= 15 is 0 Å². The number of hydrogen-bond donors (Lipinski definition) is 0. The van der Waals surface area contributed by atoms with Crippen molar-refractivity contribution in [2.24, 2.45) is 4.99 Å². The smallest absolute Gasteiger partial charge is 0.337 e. The molecule has 28 heavy (non-hydrogen) atoms. The number of nitrogens with zero attached hydrogens (tertiary/aromatic N) is 2. The fraction of sp³-hybridized carbons (Fsp3) is 0.286. The topological polar surface area (TPSA) is 69.9 Å². The van der Waals surface area contributed by atoms with Crippen molar-refractivity contribution in [2.45, 2.75) is 20.4 Å². The summed E-state index contributed by atoms with van der Waals surface area (Å²) in [5.74, 6) is -0.800. The van der Waals surface area contributed by atoms with E-state index in [9.17, 15) is 9.59 Å². The van der Waals surface area contributed by atoms with Crippen molar-refractivity contribution in [1.82, 2.24) is 4.57 Å². The number of benzene rings is 2. The zero-order valence-corrected chi connectivity index (χ0v) is 17.1. The zero-order chi connectivity index (χ0) is 20.3. The summed E-state index contributed by atoms with van der Waals surface area (Å²) in [5.41, 5.74) is 4.23. The van der Waals surface area contributed by atoms with Crippen molar-refractivity contribution in [1.29, 1.82) is 0 Å². The first-order valence-electron chi connectivity index (χ1n) is 8.81. The van der Waals surface area contributed by atoms with Crippen LogP contribution < -0.4 is 4.80 Å². The number of ether oxygens (including phenoxy) is 2. The summed E-state index contributed by atoms with van der Waals surface area (Å²) in [6.07, 6.45) is 0. The van der Waals surface area contributed by atoms with Crippen LogP contribution in [0.2, 0.25) is 0 Å². The van der Waals surface area contributed by atoms with Gasteiger partial charge in [-0.3, -0.25) is 4.79 Å². The molecule has 0 N–H and O–H groups in total. The fourth-order valence-electron chi connectivity index (χ4n) is 2.82. The Hall–Kier alpha value is -2.77. The van der Waals surface area contributed by atoms with Crippen LogP contribution >= 0.6 is 11.3 Å². The first kappa shape index (κ1) is 20.0. The molecule has 0 unspecified atom stereocenters. The highest BCUT2D eigenvalue weighted by Gasteiger charge is 2.12. The molecule has 6 nitrogen and oxygen atoms in total. The number of carbonyl (C=O) groups excluding carboxylic acids is 2. The number of aryl methyl sites for hydroxylation is 2. The summed E-state index contributed by atoms with van der Waals surface area (Å²) in [6.45, 7) is 5.26. The highest BCUT2D eigenvalue weighted by atomic mass is 32.1. The van der Waals surface area contributed by atoms with Gasteiger partial charge in [0.05, 0.1) is 29.5 Å².